The average Bonchev–Trinajstić information content (AvgIpc) is 3.19. The molecule has 3 aromatic rings. The van der Waals surface area contributed by atoms with Gasteiger partial charge in [0.15, 0.2) is 10.9 Å². The highest BCUT2D eigenvalue weighted by Crippen LogP contribution is 2.26. The number of carbonyl (C=O) groups excluding carboxylic acids is 3. The topological polar surface area (TPSA) is 107 Å². The highest BCUT2D eigenvalue weighted by molar-refractivity contribution is 7.14. The normalized spacial score (nSPS) is 10.3. The van der Waals surface area contributed by atoms with Crippen LogP contribution in [0.25, 0.3) is 0 Å². The minimum atomic E-state index is -0.554. The Balaban J connectivity index is 1.76. The van der Waals surface area contributed by atoms with E-state index in [0.717, 1.165) is 5.56 Å². The Morgan fingerprint density at radius 1 is 1.06 bits per heavy atom. The Hall–Kier alpha value is -3.72. The third kappa shape index (κ3) is 5.70. The summed E-state index contributed by atoms with van der Waals surface area (Å²) in [5.74, 6) is -0.206. The molecule has 0 fully saturated rings. The van der Waals surface area contributed by atoms with E-state index in [-0.39, 0.29) is 18.2 Å². The summed E-state index contributed by atoms with van der Waals surface area (Å²) in [6.07, 6.45) is 0.0308. The third-order valence-corrected chi connectivity index (χ3v) is 5.23. The van der Waals surface area contributed by atoms with Crippen LogP contribution in [0.1, 0.15) is 34.1 Å². The summed E-state index contributed by atoms with van der Waals surface area (Å²) in [5.41, 5.74) is 2.47. The van der Waals surface area contributed by atoms with Gasteiger partial charge in [-0.25, -0.2) is 9.78 Å². The summed E-state index contributed by atoms with van der Waals surface area (Å²) in [4.78, 5) is 41.5. The van der Waals surface area contributed by atoms with Crippen LogP contribution in [0.15, 0.2) is 47.8 Å². The fourth-order valence-corrected chi connectivity index (χ4v) is 3.70. The van der Waals surface area contributed by atoms with Gasteiger partial charge in [-0.2, -0.15) is 0 Å². The minimum absolute atomic E-state index is 0.0308. The predicted octanol–water partition coefficient (Wildman–Crippen LogP) is 4.44. The molecule has 0 saturated carbocycles. The summed E-state index contributed by atoms with van der Waals surface area (Å²) < 4.78 is 10.2. The van der Waals surface area contributed by atoms with Crippen molar-refractivity contribution in [3.8, 4) is 5.75 Å². The number of amides is 2. The van der Waals surface area contributed by atoms with Gasteiger partial charge in [-0.1, -0.05) is 18.2 Å². The van der Waals surface area contributed by atoms with Gasteiger partial charge in [0.2, 0.25) is 0 Å². The van der Waals surface area contributed by atoms with Crippen molar-refractivity contribution in [1.29, 1.82) is 0 Å². The quantitative estimate of drug-likeness (QED) is 0.386. The molecule has 166 valence electrons. The fourth-order valence-electron chi connectivity index (χ4n) is 2.99. The first-order chi connectivity index (χ1) is 15.4. The van der Waals surface area contributed by atoms with Crippen LogP contribution in [0.3, 0.4) is 0 Å². The lowest BCUT2D eigenvalue weighted by atomic mass is 9.99. The summed E-state index contributed by atoms with van der Waals surface area (Å²) >= 11 is 1.19. The summed E-state index contributed by atoms with van der Waals surface area (Å²) in [6.45, 7) is 3.89. The van der Waals surface area contributed by atoms with E-state index in [4.69, 9.17) is 9.47 Å². The SMILES string of the molecule is CCOC(=O)Cc1csc(NC(=O)Nc2cc(C)ccc2C(=O)c2ccccc2OC)n1. The van der Waals surface area contributed by atoms with Crippen molar-refractivity contribution in [2.75, 3.05) is 24.4 Å². The Morgan fingerprint density at radius 3 is 2.59 bits per heavy atom. The van der Waals surface area contributed by atoms with Crippen molar-refractivity contribution in [2.45, 2.75) is 20.3 Å². The molecule has 0 saturated heterocycles. The number of nitrogens with zero attached hydrogens (tertiary/aromatic N) is 1. The second-order valence-electron chi connectivity index (χ2n) is 6.78. The van der Waals surface area contributed by atoms with Gasteiger partial charge in [0.25, 0.3) is 0 Å². The van der Waals surface area contributed by atoms with E-state index in [2.05, 4.69) is 15.6 Å². The van der Waals surface area contributed by atoms with Gasteiger partial charge in [0, 0.05) is 10.9 Å². The van der Waals surface area contributed by atoms with Crippen molar-refractivity contribution < 1.29 is 23.9 Å². The van der Waals surface area contributed by atoms with E-state index in [0.29, 0.717) is 40.0 Å². The number of thiazole rings is 1. The minimum Gasteiger partial charge on any atom is -0.496 e. The fraction of sp³-hybridized carbons (Fsp3) is 0.217. The number of hydrogen-bond donors (Lipinski definition) is 2. The third-order valence-electron chi connectivity index (χ3n) is 4.42. The molecule has 1 aromatic heterocycles. The van der Waals surface area contributed by atoms with Gasteiger partial charge in [-0.3, -0.25) is 14.9 Å². The molecule has 0 bridgehead atoms. The van der Waals surface area contributed by atoms with Crippen LogP contribution in [0.5, 0.6) is 5.75 Å². The zero-order valence-electron chi connectivity index (χ0n) is 17.9. The molecule has 3 rings (SSSR count). The summed E-state index contributed by atoms with van der Waals surface area (Å²) in [7, 11) is 1.50. The largest absolute Gasteiger partial charge is 0.496 e. The number of methoxy groups -OCH3 is 1. The number of esters is 1. The molecule has 9 heteroatoms. The predicted molar refractivity (Wildman–Crippen MR) is 123 cm³/mol. The number of carbonyl (C=O) groups is 3. The molecule has 0 spiro atoms. The molecule has 1 heterocycles. The van der Waals surface area contributed by atoms with E-state index in [9.17, 15) is 14.4 Å². The Labute approximate surface area is 189 Å². The molecule has 32 heavy (non-hydrogen) atoms. The molecule has 0 radical (unpaired) electrons. The van der Waals surface area contributed by atoms with E-state index < -0.39 is 6.03 Å². The maximum absolute atomic E-state index is 13.2. The van der Waals surface area contributed by atoms with Gasteiger partial charge >= 0.3 is 12.0 Å². The molecule has 8 nitrogen and oxygen atoms in total. The van der Waals surface area contributed by atoms with E-state index >= 15 is 0 Å². The standard InChI is InChI=1S/C23H23N3O5S/c1-4-31-20(27)12-15-13-32-23(24-15)26-22(29)25-18-11-14(2)9-10-16(18)21(28)17-7-5-6-8-19(17)30-3/h5-11,13H,4,12H2,1-3H3,(H2,24,25,26,29). The lowest BCUT2D eigenvalue weighted by molar-refractivity contribution is -0.142. The summed E-state index contributed by atoms with van der Waals surface area (Å²) in [6, 6.07) is 11.5. The number of urea groups is 1. The molecule has 2 N–H and O–H groups in total. The summed E-state index contributed by atoms with van der Waals surface area (Å²) in [5, 5.41) is 7.36. The number of hydrogen-bond acceptors (Lipinski definition) is 7. The zero-order chi connectivity index (χ0) is 23.1. The van der Waals surface area contributed by atoms with Gasteiger partial charge < -0.3 is 14.8 Å². The molecule has 0 aliphatic carbocycles. The van der Waals surface area contributed by atoms with Crippen molar-refractivity contribution in [3.05, 3.63) is 70.2 Å². The highest BCUT2D eigenvalue weighted by atomic mass is 32.1. The first-order valence-corrected chi connectivity index (χ1v) is 10.8. The van der Waals surface area contributed by atoms with Crippen LogP contribution in [0.2, 0.25) is 0 Å². The Bertz CT molecular complexity index is 1140. The molecule has 0 atom stereocenters. The Kier molecular flexibility index (Phi) is 7.56. The van der Waals surface area contributed by atoms with E-state index in [1.165, 1.54) is 18.4 Å². The van der Waals surface area contributed by atoms with E-state index in [1.54, 1.807) is 54.8 Å². The van der Waals surface area contributed by atoms with Gasteiger partial charge in [0.05, 0.1) is 37.1 Å². The molecule has 2 amide bonds. The van der Waals surface area contributed by atoms with Crippen LogP contribution in [-0.4, -0.2) is 36.5 Å². The second-order valence-corrected chi connectivity index (χ2v) is 7.64. The number of aromatic nitrogens is 1. The second kappa shape index (κ2) is 10.5. The van der Waals surface area contributed by atoms with Crippen molar-refractivity contribution in [1.82, 2.24) is 4.98 Å². The first kappa shape index (κ1) is 23.0. The average molecular weight is 454 g/mol. The Morgan fingerprint density at radius 2 is 1.84 bits per heavy atom. The maximum Gasteiger partial charge on any atom is 0.325 e. The molecule has 0 aliphatic rings. The molecular formula is C23H23N3O5S. The number of nitrogens with one attached hydrogen (secondary N) is 2. The van der Waals surface area contributed by atoms with Gasteiger partial charge in [0.1, 0.15) is 5.75 Å². The van der Waals surface area contributed by atoms with Crippen molar-refractivity contribution in [3.63, 3.8) is 0 Å². The van der Waals surface area contributed by atoms with Crippen molar-refractivity contribution >= 4 is 39.9 Å². The van der Waals surface area contributed by atoms with E-state index in [1.807, 2.05) is 6.92 Å². The van der Waals surface area contributed by atoms with Crippen LogP contribution in [0.4, 0.5) is 15.6 Å². The number of aryl methyl sites for hydroxylation is 1. The number of para-hydroxylation sites is 1. The zero-order valence-corrected chi connectivity index (χ0v) is 18.7. The molecule has 0 aliphatic heterocycles. The molecular weight excluding hydrogens is 430 g/mol. The number of anilines is 2. The number of ether oxygens (including phenoxy) is 2. The smallest absolute Gasteiger partial charge is 0.325 e. The van der Waals surface area contributed by atoms with Gasteiger partial charge in [-0.15, -0.1) is 11.3 Å². The van der Waals surface area contributed by atoms with Crippen molar-refractivity contribution in [2.24, 2.45) is 0 Å². The van der Waals surface area contributed by atoms with Crippen LogP contribution < -0.4 is 15.4 Å². The molecule has 0 unspecified atom stereocenters. The first-order valence-electron chi connectivity index (χ1n) is 9.87. The van der Waals surface area contributed by atoms with Crippen LogP contribution >= 0.6 is 11.3 Å². The van der Waals surface area contributed by atoms with Gasteiger partial charge in [-0.05, 0) is 43.7 Å². The number of ketones is 1. The molecule has 2 aromatic carbocycles. The highest BCUT2D eigenvalue weighted by Gasteiger charge is 2.19. The van der Waals surface area contributed by atoms with Crippen LogP contribution in [0, 0.1) is 6.92 Å². The number of benzene rings is 2. The number of rotatable bonds is 8. The maximum atomic E-state index is 13.2. The monoisotopic (exact) mass is 453 g/mol. The lowest BCUT2D eigenvalue weighted by Gasteiger charge is -2.13. The van der Waals surface area contributed by atoms with Crippen LogP contribution in [-0.2, 0) is 16.0 Å². The lowest BCUT2D eigenvalue weighted by Crippen LogP contribution is -2.21.